The summed E-state index contributed by atoms with van der Waals surface area (Å²) in [7, 11) is -4.18. The van der Waals surface area contributed by atoms with Gasteiger partial charge in [0.05, 0.1) is 6.61 Å². The molecule has 0 heterocycles. The number of hydrogen-bond acceptors (Lipinski definition) is 5. The average molecular weight is 345 g/mol. The molecule has 0 saturated heterocycles. The molecule has 1 rings (SSSR count). The van der Waals surface area contributed by atoms with Gasteiger partial charge in [-0.1, -0.05) is 25.1 Å². The van der Waals surface area contributed by atoms with Gasteiger partial charge in [0.2, 0.25) is 5.91 Å². The maximum atomic E-state index is 11.7. The molecule has 1 aromatic carbocycles. The second-order valence-corrected chi connectivity index (χ2v) is 6.15. The van der Waals surface area contributed by atoms with Crippen molar-refractivity contribution in [2.24, 2.45) is 0 Å². The van der Waals surface area contributed by atoms with Crippen LogP contribution in [-0.4, -0.2) is 37.2 Å². The molecule has 1 aromatic rings. The van der Waals surface area contributed by atoms with Gasteiger partial charge < -0.3 is 14.6 Å². The molecule has 1 atom stereocenters. The van der Waals surface area contributed by atoms with E-state index in [2.05, 4.69) is 5.32 Å². The van der Waals surface area contributed by atoms with Crippen LogP contribution in [0.25, 0.3) is 0 Å². The summed E-state index contributed by atoms with van der Waals surface area (Å²) < 4.78 is 26.6. The topological polar surface area (TPSA) is 94.1 Å². The van der Waals surface area contributed by atoms with Crippen molar-refractivity contribution < 1.29 is 28.0 Å². The molecule has 0 radical (unpaired) electrons. The lowest BCUT2D eigenvalue weighted by atomic mass is 10.3. The lowest BCUT2D eigenvalue weighted by Crippen LogP contribution is -2.27. The SMILES string of the molecule is CCCOCCCC(=O)NCCOP(=O)(O)Oc1ccccc1. The molecular formula is C15H24NO6P. The van der Waals surface area contributed by atoms with E-state index in [1.165, 1.54) is 0 Å². The Morgan fingerprint density at radius 3 is 2.65 bits per heavy atom. The van der Waals surface area contributed by atoms with Gasteiger partial charge in [-0.05, 0) is 25.0 Å². The van der Waals surface area contributed by atoms with Crippen LogP contribution >= 0.6 is 7.82 Å². The highest BCUT2D eigenvalue weighted by Crippen LogP contribution is 2.43. The first-order valence-corrected chi connectivity index (χ1v) is 9.09. The quantitative estimate of drug-likeness (QED) is 0.446. The third kappa shape index (κ3) is 10.1. The van der Waals surface area contributed by atoms with E-state index in [0.29, 0.717) is 26.1 Å². The maximum absolute atomic E-state index is 11.7. The van der Waals surface area contributed by atoms with Crippen molar-refractivity contribution in [1.29, 1.82) is 0 Å². The lowest BCUT2D eigenvalue weighted by Gasteiger charge is -2.13. The van der Waals surface area contributed by atoms with E-state index in [1.54, 1.807) is 30.3 Å². The Morgan fingerprint density at radius 1 is 1.22 bits per heavy atom. The number of amides is 1. The van der Waals surface area contributed by atoms with E-state index >= 15 is 0 Å². The molecule has 0 saturated carbocycles. The number of rotatable bonds is 12. The molecule has 2 N–H and O–H groups in total. The first-order valence-electron chi connectivity index (χ1n) is 7.60. The van der Waals surface area contributed by atoms with Gasteiger partial charge in [0.25, 0.3) is 0 Å². The van der Waals surface area contributed by atoms with Crippen LogP contribution < -0.4 is 9.84 Å². The van der Waals surface area contributed by atoms with Gasteiger partial charge in [0.1, 0.15) is 5.75 Å². The Bertz CT molecular complexity index is 496. The highest BCUT2D eigenvalue weighted by Gasteiger charge is 2.22. The summed E-state index contributed by atoms with van der Waals surface area (Å²) in [5.41, 5.74) is 0. The van der Waals surface area contributed by atoms with Gasteiger partial charge in [-0.3, -0.25) is 14.2 Å². The van der Waals surface area contributed by atoms with E-state index in [1.807, 2.05) is 6.92 Å². The first-order chi connectivity index (χ1) is 11.0. The highest BCUT2D eigenvalue weighted by atomic mass is 31.2. The fourth-order valence-electron chi connectivity index (χ4n) is 1.66. The van der Waals surface area contributed by atoms with E-state index in [9.17, 15) is 14.3 Å². The van der Waals surface area contributed by atoms with E-state index < -0.39 is 7.82 Å². The highest BCUT2D eigenvalue weighted by molar-refractivity contribution is 7.47. The number of carbonyl (C=O) groups excluding carboxylic acids is 1. The molecule has 23 heavy (non-hydrogen) atoms. The van der Waals surface area contributed by atoms with Crippen LogP contribution in [0.15, 0.2) is 30.3 Å². The standard InChI is InChI=1S/C15H24NO6P/c1-2-11-20-12-6-9-15(17)16-10-13-21-23(18,19)22-14-7-4-3-5-8-14/h3-5,7-8H,2,6,9-13H2,1H3,(H,16,17)(H,18,19). The van der Waals surface area contributed by atoms with Crippen LogP contribution in [0.2, 0.25) is 0 Å². The summed E-state index contributed by atoms with van der Waals surface area (Å²) in [4.78, 5) is 21.0. The molecule has 7 nitrogen and oxygen atoms in total. The summed E-state index contributed by atoms with van der Waals surface area (Å²) in [6, 6.07) is 8.22. The zero-order chi connectivity index (χ0) is 17.0. The molecule has 0 aliphatic heterocycles. The van der Waals surface area contributed by atoms with E-state index in [-0.39, 0.29) is 24.8 Å². The minimum absolute atomic E-state index is 0.112. The molecule has 130 valence electrons. The number of para-hydroxylation sites is 1. The molecule has 0 aliphatic carbocycles. The van der Waals surface area contributed by atoms with Gasteiger partial charge in [0.15, 0.2) is 0 Å². The second-order valence-electron chi connectivity index (χ2n) is 4.77. The molecule has 0 fully saturated rings. The number of ether oxygens (including phenoxy) is 1. The van der Waals surface area contributed by atoms with E-state index in [4.69, 9.17) is 13.8 Å². The zero-order valence-electron chi connectivity index (χ0n) is 13.3. The number of hydrogen-bond donors (Lipinski definition) is 2. The maximum Gasteiger partial charge on any atom is 0.527 e. The van der Waals surface area contributed by atoms with Crippen LogP contribution in [0.5, 0.6) is 5.75 Å². The fraction of sp³-hybridized carbons (Fsp3) is 0.533. The number of phosphoric ester groups is 1. The Hall–Kier alpha value is -1.40. The summed E-state index contributed by atoms with van der Waals surface area (Å²) in [6.07, 6.45) is 1.94. The Morgan fingerprint density at radius 2 is 1.96 bits per heavy atom. The number of carbonyl (C=O) groups is 1. The monoisotopic (exact) mass is 345 g/mol. The van der Waals surface area contributed by atoms with Crippen molar-refractivity contribution in [3.63, 3.8) is 0 Å². The second kappa shape index (κ2) is 11.2. The molecule has 8 heteroatoms. The minimum Gasteiger partial charge on any atom is -0.404 e. The van der Waals surface area contributed by atoms with Crippen LogP contribution in [0, 0.1) is 0 Å². The van der Waals surface area contributed by atoms with Crippen molar-refractivity contribution in [3.05, 3.63) is 30.3 Å². The fourth-order valence-corrected chi connectivity index (χ4v) is 2.42. The molecule has 1 unspecified atom stereocenters. The van der Waals surface area contributed by atoms with Crippen LogP contribution in [-0.2, 0) is 18.6 Å². The molecule has 1 amide bonds. The van der Waals surface area contributed by atoms with E-state index in [0.717, 1.165) is 6.42 Å². The Kier molecular flexibility index (Phi) is 9.55. The van der Waals surface area contributed by atoms with Gasteiger partial charge >= 0.3 is 7.82 Å². The van der Waals surface area contributed by atoms with Crippen LogP contribution in [0.3, 0.4) is 0 Å². The largest absolute Gasteiger partial charge is 0.527 e. The molecule has 0 aromatic heterocycles. The summed E-state index contributed by atoms with van der Waals surface area (Å²) in [6.45, 7) is 3.29. The number of phosphoric acid groups is 1. The third-order valence-corrected chi connectivity index (χ3v) is 3.63. The smallest absolute Gasteiger partial charge is 0.404 e. The van der Waals surface area contributed by atoms with Gasteiger partial charge in [0, 0.05) is 26.2 Å². The Balaban J connectivity index is 2.11. The van der Waals surface area contributed by atoms with Gasteiger partial charge in [-0.15, -0.1) is 0 Å². The van der Waals surface area contributed by atoms with Gasteiger partial charge in [-0.25, -0.2) is 4.57 Å². The zero-order valence-corrected chi connectivity index (χ0v) is 14.2. The van der Waals surface area contributed by atoms with Gasteiger partial charge in [-0.2, -0.15) is 0 Å². The summed E-state index contributed by atoms with van der Waals surface area (Å²) in [5.74, 6) is 0.0971. The van der Waals surface area contributed by atoms with Crippen molar-refractivity contribution in [3.8, 4) is 5.75 Å². The lowest BCUT2D eigenvalue weighted by molar-refractivity contribution is -0.121. The van der Waals surface area contributed by atoms with Crippen LogP contribution in [0.4, 0.5) is 0 Å². The van der Waals surface area contributed by atoms with Crippen molar-refractivity contribution in [1.82, 2.24) is 5.32 Å². The van der Waals surface area contributed by atoms with Crippen molar-refractivity contribution in [2.75, 3.05) is 26.4 Å². The van der Waals surface area contributed by atoms with Crippen LogP contribution in [0.1, 0.15) is 26.2 Å². The normalized spacial score (nSPS) is 13.3. The molecule has 0 spiro atoms. The molecule has 0 aliphatic rings. The molecule has 0 bridgehead atoms. The minimum atomic E-state index is -4.18. The third-order valence-electron chi connectivity index (χ3n) is 2.68. The average Bonchev–Trinajstić information content (AvgIpc) is 2.52. The van der Waals surface area contributed by atoms with Crippen molar-refractivity contribution >= 4 is 13.7 Å². The summed E-state index contributed by atoms with van der Waals surface area (Å²) >= 11 is 0. The van der Waals surface area contributed by atoms with Crippen molar-refractivity contribution in [2.45, 2.75) is 26.2 Å². The predicted octanol–water partition coefficient (Wildman–Crippen LogP) is 2.51. The predicted molar refractivity (Wildman–Crippen MR) is 86.2 cm³/mol. The Labute approximate surface area is 136 Å². The number of nitrogens with one attached hydrogen (secondary N) is 1. The first kappa shape index (κ1) is 19.6. The molecular weight excluding hydrogens is 321 g/mol. The number of benzene rings is 1. The summed E-state index contributed by atoms with van der Waals surface area (Å²) in [5, 5.41) is 2.60.